The van der Waals surface area contributed by atoms with Gasteiger partial charge < -0.3 is 0 Å². The summed E-state index contributed by atoms with van der Waals surface area (Å²) in [5, 5.41) is 4.90. The molecule has 0 aliphatic carbocycles. The molecule has 0 saturated carbocycles. The summed E-state index contributed by atoms with van der Waals surface area (Å²) in [4.78, 5) is 0. The average Bonchev–Trinajstić information content (AvgIpc) is 2.42. The van der Waals surface area contributed by atoms with Gasteiger partial charge in [-0.2, -0.15) is 8.42 Å². The number of nitrogens with two attached hydrogens (primary N) is 1. The second-order valence-corrected chi connectivity index (χ2v) is 9.11. The maximum Gasteiger partial charge on any atom is 0.274 e. The number of sulfonamides is 1. The first-order valence-corrected chi connectivity index (χ1v) is 10.6. The van der Waals surface area contributed by atoms with Crippen LogP contribution in [0.2, 0.25) is 0 Å². The Bertz CT molecular complexity index is 515. The van der Waals surface area contributed by atoms with E-state index in [0.29, 0.717) is 13.1 Å². The molecular weight excluding hydrogens is 314 g/mol. The standard InChI is InChI=1S/C12H27N3O4S2/c1-3-11(4-2)10-20(16,17)15-7-5-6-12(9-15)8-14-21(13,18)19/h11-12,14H,3-10H2,1-2H3,(H2,13,18,19)/t12-/m1/s1. The number of hydrogen-bond acceptors (Lipinski definition) is 4. The van der Waals surface area contributed by atoms with E-state index < -0.39 is 20.2 Å². The molecule has 126 valence electrons. The molecule has 0 aromatic rings. The minimum absolute atomic E-state index is 0.0199. The Labute approximate surface area is 128 Å². The molecule has 0 radical (unpaired) electrons. The molecule has 0 spiro atoms. The maximum atomic E-state index is 12.4. The number of hydrogen-bond donors (Lipinski definition) is 2. The third kappa shape index (κ3) is 6.60. The van der Waals surface area contributed by atoms with E-state index in [0.717, 1.165) is 25.7 Å². The fourth-order valence-corrected chi connectivity index (χ4v) is 5.20. The summed E-state index contributed by atoms with van der Waals surface area (Å²) in [6.45, 7) is 5.08. The molecule has 9 heteroatoms. The minimum Gasteiger partial charge on any atom is -0.216 e. The van der Waals surface area contributed by atoms with E-state index in [-0.39, 0.29) is 24.1 Å². The molecule has 0 aromatic heterocycles. The van der Waals surface area contributed by atoms with Crippen molar-refractivity contribution >= 4 is 20.2 Å². The van der Waals surface area contributed by atoms with Gasteiger partial charge in [-0.05, 0) is 24.7 Å². The molecule has 7 nitrogen and oxygen atoms in total. The van der Waals surface area contributed by atoms with Crippen molar-refractivity contribution in [1.82, 2.24) is 9.03 Å². The summed E-state index contributed by atoms with van der Waals surface area (Å²) in [6.07, 6.45) is 3.25. The van der Waals surface area contributed by atoms with E-state index >= 15 is 0 Å². The lowest BCUT2D eigenvalue weighted by Gasteiger charge is -2.32. The van der Waals surface area contributed by atoms with E-state index in [9.17, 15) is 16.8 Å². The Kier molecular flexibility index (Phi) is 7.05. The van der Waals surface area contributed by atoms with Gasteiger partial charge in [0.05, 0.1) is 5.75 Å². The lowest BCUT2D eigenvalue weighted by atomic mass is 10.0. The van der Waals surface area contributed by atoms with E-state index in [1.807, 2.05) is 13.8 Å². The number of rotatable bonds is 8. The second-order valence-electron chi connectivity index (χ2n) is 5.72. The Morgan fingerprint density at radius 3 is 2.38 bits per heavy atom. The molecule has 1 aliphatic rings. The maximum absolute atomic E-state index is 12.4. The summed E-state index contributed by atoms with van der Waals surface area (Å²) in [7, 11) is -6.99. The zero-order valence-electron chi connectivity index (χ0n) is 12.8. The molecule has 21 heavy (non-hydrogen) atoms. The fraction of sp³-hybridized carbons (Fsp3) is 1.00. The quantitative estimate of drug-likeness (QED) is 0.660. The van der Waals surface area contributed by atoms with Gasteiger partial charge in [-0.1, -0.05) is 26.7 Å². The summed E-state index contributed by atoms with van der Waals surface area (Å²) < 4.78 is 50.4. The van der Waals surface area contributed by atoms with Gasteiger partial charge in [0.1, 0.15) is 0 Å². The number of nitrogens with one attached hydrogen (secondary N) is 1. The molecule has 3 N–H and O–H groups in total. The van der Waals surface area contributed by atoms with E-state index in [1.54, 1.807) is 0 Å². The van der Waals surface area contributed by atoms with Crippen LogP contribution in [-0.2, 0) is 20.2 Å². The lowest BCUT2D eigenvalue weighted by Crippen LogP contribution is -2.45. The second kappa shape index (κ2) is 7.87. The van der Waals surface area contributed by atoms with Crippen LogP contribution < -0.4 is 9.86 Å². The van der Waals surface area contributed by atoms with E-state index in [1.165, 1.54) is 4.31 Å². The van der Waals surface area contributed by atoms with Crippen molar-refractivity contribution in [1.29, 1.82) is 0 Å². The van der Waals surface area contributed by atoms with Crippen LogP contribution >= 0.6 is 0 Å². The summed E-state index contributed by atoms with van der Waals surface area (Å²) >= 11 is 0. The molecule has 0 bridgehead atoms. The Morgan fingerprint density at radius 2 is 1.86 bits per heavy atom. The summed E-state index contributed by atoms with van der Waals surface area (Å²) in [5.41, 5.74) is 0. The predicted molar refractivity (Wildman–Crippen MR) is 83.3 cm³/mol. The zero-order valence-corrected chi connectivity index (χ0v) is 14.4. The van der Waals surface area contributed by atoms with Crippen molar-refractivity contribution < 1.29 is 16.8 Å². The highest BCUT2D eigenvalue weighted by atomic mass is 32.2. The molecule has 0 amide bonds. The van der Waals surface area contributed by atoms with Crippen LogP contribution in [0, 0.1) is 11.8 Å². The van der Waals surface area contributed by atoms with Crippen molar-refractivity contribution in [2.45, 2.75) is 39.5 Å². The molecular formula is C12H27N3O4S2. The monoisotopic (exact) mass is 341 g/mol. The normalized spacial score (nSPS) is 21.8. The van der Waals surface area contributed by atoms with Crippen molar-refractivity contribution in [3.63, 3.8) is 0 Å². The SMILES string of the molecule is CCC(CC)CS(=O)(=O)N1CCC[C@H](CNS(N)(=O)=O)C1. The van der Waals surface area contributed by atoms with Crippen molar-refractivity contribution in [2.75, 3.05) is 25.4 Å². The van der Waals surface area contributed by atoms with Crippen LogP contribution in [0.25, 0.3) is 0 Å². The van der Waals surface area contributed by atoms with Crippen LogP contribution in [-0.4, -0.2) is 46.5 Å². The fourth-order valence-electron chi connectivity index (χ4n) is 2.61. The molecule has 0 aromatic carbocycles. The van der Waals surface area contributed by atoms with E-state index in [2.05, 4.69) is 4.72 Å². The molecule has 1 aliphatic heterocycles. The smallest absolute Gasteiger partial charge is 0.216 e. The largest absolute Gasteiger partial charge is 0.274 e. The molecule has 1 saturated heterocycles. The Balaban J connectivity index is 2.62. The lowest BCUT2D eigenvalue weighted by molar-refractivity contribution is 0.265. The summed E-state index contributed by atoms with van der Waals surface area (Å²) in [5.74, 6) is 0.335. The molecule has 0 unspecified atom stereocenters. The van der Waals surface area contributed by atoms with Crippen LogP contribution in [0.15, 0.2) is 0 Å². The van der Waals surface area contributed by atoms with Crippen LogP contribution in [0.5, 0.6) is 0 Å². The van der Waals surface area contributed by atoms with Gasteiger partial charge >= 0.3 is 0 Å². The molecule has 1 rings (SSSR count). The number of piperidine rings is 1. The third-order valence-electron chi connectivity index (χ3n) is 4.05. The minimum atomic E-state index is -3.72. The van der Waals surface area contributed by atoms with Crippen LogP contribution in [0.3, 0.4) is 0 Å². The zero-order chi connectivity index (χ0) is 16.1. The third-order valence-corrected chi connectivity index (χ3v) is 6.63. The van der Waals surface area contributed by atoms with Crippen LogP contribution in [0.4, 0.5) is 0 Å². The van der Waals surface area contributed by atoms with Gasteiger partial charge in [0.15, 0.2) is 0 Å². The van der Waals surface area contributed by atoms with Gasteiger partial charge in [-0.3, -0.25) is 0 Å². The molecule has 1 fully saturated rings. The van der Waals surface area contributed by atoms with Crippen molar-refractivity contribution in [3.8, 4) is 0 Å². The highest BCUT2D eigenvalue weighted by Crippen LogP contribution is 2.21. The average molecular weight is 341 g/mol. The molecule has 1 atom stereocenters. The summed E-state index contributed by atoms with van der Waals surface area (Å²) in [6, 6.07) is 0. The Hall–Kier alpha value is -0.220. The number of nitrogens with zero attached hydrogens (tertiary/aromatic N) is 1. The first kappa shape index (κ1) is 18.8. The van der Waals surface area contributed by atoms with Gasteiger partial charge in [0, 0.05) is 19.6 Å². The van der Waals surface area contributed by atoms with Crippen molar-refractivity contribution in [2.24, 2.45) is 17.0 Å². The molecule has 1 heterocycles. The highest BCUT2D eigenvalue weighted by molar-refractivity contribution is 7.89. The highest BCUT2D eigenvalue weighted by Gasteiger charge is 2.30. The first-order chi connectivity index (χ1) is 9.68. The predicted octanol–water partition coefficient (Wildman–Crippen LogP) is 0.258. The topological polar surface area (TPSA) is 110 Å². The van der Waals surface area contributed by atoms with Gasteiger partial charge in [-0.25, -0.2) is 22.6 Å². The Morgan fingerprint density at radius 1 is 1.24 bits per heavy atom. The van der Waals surface area contributed by atoms with Gasteiger partial charge in [0.25, 0.3) is 10.2 Å². The van der Waals surface area contributed by atoms with E-state index in [4.69, 9.17) is 5.14 Å². The van der Waals surface area contributed by atoms with Gasteiger partial charge in [-0.15, -0.1) is 0 Å². The van der Waals surface area contributed by atoms with Crippen molar-refractivity contribution in [3.05, 3.63) is 0 Å². The first-order valence-electron chi connectivity index (χ1n) is 7.43. The van der Waals surface area contributed by atoms with Gasteiger partial charge in [0.2, 0.25) is 10.0 Å². The van der Waals surface area contributed by atoms with Crippen LogP contribution in [0.1, 0.15) is 39.5 Å².